The molecule has 1 aliphatic carbocycles. The van der Waals surface area contributed by atoms with E-state index in [-0.39, 0.29) is 10.9 Å². The summed E-state index contributed by atoms with van der Waals surface area (Å²) in [5.74, 6) is 0. The lowest BCUT2D eigenvalue weighted by Crippen LogP contribution is -2.36. The van der Waals surface area contributed by atoms with E-state index in [0.717, 1.165) is 25.7 Å². The van der Waals surface area contributed by atoms with Gasteiger partial charge in [0.25, 0.3) is 0 Å². The zero-order chi connectivity index (χ0) is 13.9. The Bertz CT molecular complexity index is 508. The van der Waals surface area contributed by atoms with E-state index in [4.69, 9.17) is 11.6 Å². The first-order valence-electron chi connectivity index (χ1n) is 6.61. The van der Waals surface area contributed by atoms with E-state index in [2.05, 4.69) is 4.98 Å². The highest BCUT2D eigenvalue weighted by Crippen LogP contribution is 2.25. The Hall–Kier alpha value is -0.650. The van der Waals surface area contributed by atoms with Crippen LogP contribution in [0.3, 0.4) is 0 Å². The molecule has 0 saturated heterocycles. The van der Waals surface area contributed by atoms with E-state index in [1.165, 1.54) is 35.5 Å². The number of nitrogens with zero attached hydrogens (tertiary/aromatic N) is 2. The van der Waals surface area contributed by atoms with Gasteiger partial charge in [0.15, 0.2) is 0 Å². The van der Waals surface area contributed by atoms with Gasteiger partial charge in [0.2, 0.25) is 10.0 Å². The van der Waals surface area contributed by atoms with Gasteiger partial charge >= 0.3 is 0 Å². The summed E-state index contributed by atoms with van der Waals surface area (Å²) in [6.45, 7) is 0. The van der Waals surface area contributed by atoms with Gasteiger partial charge in [-0.2, -0.15) is 4.31 Å². The zero-order valence-electron chi connectivity index (χ0n) is 11.0. The molecule has 0 aliphatic heterocycles. The molecule has 0 unspecified atom stereocenters. The van der Waals surface area contributed by atoms with Crippen LogP contribution in [0.25, 0.3) is 0 Å². The van der Waals surface area contributed by atoms with Crippen LogP contribution < -0.4 is 0 Å². The molecule has 2 rings (SSSR count). The van der Waals surface area contributed by atoms with Crippen LogP contribution in [-0.2, 0) is 10.0 Å². The number of aromatic nitrogens is 1. The highest BCUT2D eigenvalue weighted by molar-refractivity contribution is 7.89. The van der Waals surface area contributed by atoms with Crippen molar-refractivity contribution < 1.29 is 8.42 Å². The van der Waals surface area contributed by atoms with E-state index in [1.807, 2.05) is 0 Å². The monoisotopic (exact) mass is 302 g/mol. The zero-order valence-corrected chi connectivity index (χ0v) is 12.6. The molecule has 0 spiro atoms. The van der Waals surface area contributed by atoms with E-state index < -0.39 is 10.0 Å². The second kappa shape index (κ2) is 6.20. The van der Waals surface area contributed by atoms with Crippen molar-refractivity contribution in [3.05, 3.63) is 23.5 Å². The lowest BCUT2D eigenvalue weighted by molar-refractivity contribution is 0.335. The summed E-state index contributed by atoms with van der Waals surface area (Å²) < 4.78 is 26.5. The predicted molar refractivity (Wildman–Crippen MR) is 75.7 cm³/mol. The Labute approximate surface area is 119 Å². The summed E-state index contributed by atoms with van der Waals surface area (Å²) in [5.41, 5.74) is 0. The van der Waals surface area contributed by atoms with Crippen LogP contribution >= 0.6 is 11.6 Å². The van der Waals surface area contributed by atoms with Crippen LogP contribution in [-0.4, -0.2) is 30.8 Å². The van der Waals surface area contributed by atoms with Gasteiger partial charge in [-0.3, -0.25) is 0 Å². The summed E-state index contributed by atoms with van der Waals surface area (Å²) in [4.78, 5) is 4.06. The molecule has 0 radical (unpaired) electrons. The second-order valence-corrected chi connectivity index (χ2v) is 7.37. The van der Waals surface area contributed by atoms with Crippen molar-refractivity contribution in [1.82, 2.24) is 9.29 Å². The lowest BCUT2D eigenvalue weighted by Gasteiger charge is -2.26. The second-order valence-electron chi connectivity index (χ2n) is 4.98. The maximum absolute atomic E-state index is 12.5. The molecule has 4 nitrogen and oxygen atoms in total. The van der Waals surface area contributed by atoms with Crippen molar-refractivity contribution >= 4 is 21.6 Å². The third-order valence-corrected chi connectivity index (χ3v) is 5.83. The molecule has 106 valence electrons. The van der Waals surface area contributed by atoms with Gasteiger partial charge in [0.05, 0.1) is 0 Å². The van der Waals surface area contributed by atoms with E-state index in [1.54, 1.807) is 7.05 Å². The minimum Gasteiger partial charge on any atom is -0.243 e. The normalized spacial score (nSPS) is 18.5. The Morgan fingerprint density at radius 2 is 1.84 bits per heavy atom. The molecule has 0 atom stereocenters. The molecule has 1 aromatic heterocycles. The number of rotatable bonds is 3. The summed E-state index contributed by atoms with van der Waals surface area (Å²) in [6.07, 6.45) is 7.81. The molecule has 6 heteroatoms. The van der Waals surface area contributed by atoms with Gasteiger partial charge < -0.3 is 0 Å². The minimum absolute atomic E-state index is 0.100. The van der Waals surface area contributed by atoms with Crippen molar-refractivity contribution in [2.45, 2.75) is 49.5 Å². The highest BCUT2D eigenvalue weighted by atomic mass is 35.5. The first kappa shape index (κ1) is 14.8. The first-order chi connectivity index (χ1) is 9.01. The SMILES string of the molecule is CN(C1CCCCCC1)S(=O)(=O)c1ccc(Cl)nc1. The van der Waals surface area contributed by atoms with Gasteiger partial charge in [-0.1, -0.05) is 37.3 Å². The van der Waals surface area contributed by atoms with Gasteiger partial charge in [-0.05, 0) is 25.0 Å². The largest absolute Gasteiger partial charge is 0.244 e. The minimum atomic E-state index is -3.46. The van der Waals surface area contributed by atoms with Crippen LogP contribution in [0.1, 0.15) is 38.5 Å². The lowest BCUT2D eigenvalue weighted by atomic mass is 10.1. The molecule has 1 heterocycles. The Balaban J connectivity index is 2.20. The number of halogens is 1. The summed E-state index contributed by atoms with van der Waals surface area (Å²) in [6, 6.07) is 3.12. The molecule has 1 saturated carbocycles. The quantitative estimate of drug-likeness (QED) is 0.637. The maximum Gasteiger partial charge on any atom is 0.244 e. The van der Waals surface area contributed by atoms with Crippen molar-refractivity contribution in [1.29, 1.82) is 0 Å². The smallest absolute Gasteiger partial charge is 0.243 e. The van der Waals surface area contributed by atoms with Crippen LogP contribution in [0, 0.1) is 0 Å². The average Bonchev–Trinajstić information content (AvgIpc) is 2.67. The maximum atomic E-state index is 12.5. The Morgan fingerprint density at radius 3 is 2.37 bits per heavy atom. The molecule has 0 bridgehead atoms. The number of sulfonamides is 1. The summed E-state index contributed by atoms with van der Waals surface area (Å²) in [5, 5.41) is 0.302. The fraction of sp³-hybridized carbons (Fsp3) is 0.615. The number of pyridine rings is 1. The molecule has 1 aromatic rings. The van der Waals surface area contributed by atoms with Crippen LogP contribution in [0.5, 0.6) is 0 Å². The van der Waals surface area contributed by atoms with Crippen LogP contribution in [0.4, 0.5) is 0 Å². The van der Waals surface area contributed by atoms with Gasteiger partial charge in [-0.25, -0.2) is 13.4 Å². The van der Waals surface area contributed by atoms with Crippen molar-refractivity contribution in [2.24, 2.45) is 0 Å². The summed E-state index contributed by atoms with van der Waals surface area (Å²) in [7, 11) is -1.79. The van der Waals surface area contributed by atoms with Crippen molar-refractivity contribution in [3.8, 4) is 0 Å². The van der Waals surface area contributed by atoms with Crippen molar-refractivity contribution in [3.63, 3.8) is 0 Å². The topological polar surface area (TPSA) is 50.3 Å². The van der Waals surface area contributed by atoms with Crippen LogP contribution in [0.2, 0.25) is 5.15 Å². The molecule has 1 aliphatic rings. The van der Waals surface area contributed by atoms with E-state index >= 15 is 0 Å². The molecule has 0 amide bonds. The fourth-order valence-corrected chi connectivity index (χ4v) is 3.97. The number of hydrogen-bond acceptors (Lipinski definition) is 3. The molecule has 19 heavy (non-hydrogen) atoms. The first-order valence-corrected chi connectivity index (χ1v) is 8.43. The summed E-state index contributed by atoms with van der Waals surface area (Å²) >= 11 is 5.69. The molecular weight excluding hydrogens is 284 g/mol. The average molecular weight is 303 g/mol. The Morgan fingerprint density at radius 1 is 1.21 bits per heavy atom. The van der Waals surface area contributed by atoms with Gasteiger partial charge in [0.1, 0.15) is 10.0 Å². The number of hydrogen-bond donors (Lipinski definition) is 0. The molecular formula is C13H19ClN2O2S. The Kier molecular flexibility index (Phi) is 4.81. The standard InChI is InChI=1S/C13H19ClN2O2S/c1-16(11-6-4-2-3-5-7-11)19(17,18)12-8-9-13(14)15-10-12/h8-11H,2-7H2,1H3. The van der Waals surface area contributed by atoms with Gasteiger partial charge in [-0.15, -0.1) is 0 Å². The van der Waals surface area contributed by atoms with Crippen molar-refractivity contribution in [2.75, 3.05) is 7.05 Å². The van der Waals surface area contributed by atoms with Gasteiger partial charge in [0, 0.05) is 19.3 Å². The third kappa shape index (κ3) is 3.46. The third-order valence-electron chi connectivity index (χ3n) is 3.72. The van der Waals surface area contributed by atoms with E-state index in [9.17, 15) is 8.42 Å². The predicted octanol–water partition coefficient (Wildman–Crippen LogP) is 3.08. The van der Waals surface area contributed by atoms with E-state index in [0.29, 0.717) is 5.15 Å². The fourth-order valence-electron chi connectivity index (χ4n) is 2.50. The molecule has 0 aromatic carbocycles. The van der Waals surface area contributed by atoms with Crippen LogP contribution in [0.15, 0.2) is 23.2 Å². The molecule has 0 N–H and O–H groups in total. The molecule has 1 fully saturated rings. The highest BCUT2D eigenvalue weighted by Gasteiger charge is 2.28.